The molecule has 1 heteroatoms. The molecule has 0 spiro atoms. The molecule has 1 rings (SSSR count). The van der Waals surface area contributed by atoms with E-state index in [9.17, 15) is 0 Å². The zero-order valence-corrected chi connectivity index (χ0v) is 9.65. The summed E-state index contributed by atoms with van der Waals surface area (Å²) in [6.07, 6.45) is 5.61. The predicted molar refractivity (Wildman–Crippen MR) is 62.2 cm³/mol. The molecule has 0 nitrogen and oxygen atoms in total. The molecule has 0 unspecified atom stereocenters. The summed E-state index contributed by atoms with van der Waals surface area (Å²) >= 11 is 0. The van der Waals surface area contributed by atoms with Gasteiger partial charge < -0.3 is 0 Å². The Kier molecular flexibility index (Phi) is 5.58. The summed E-state index contributed by atoms with van der Waals surface area (Å²) in [6.45, 7) is 2.27. The number of rotatable bonds is 6. The average Bonchev–Trinajstić information content (AvgIpc) is 2.19. The second-order valence-corrected chi connectivity index (χ2v) is 5.12. The molecule has 0 aliphatic carbocycles. The second kappa shape index (κ2) is 6.90. The lowest BCUT2D eigenvalue weighted by atomic mass is 10.2. The fourth-order valence-electron chi connectivity index (χ4n) is 1.43. The quantitative estimate of drug-likeness (QED) is 0.479. The van der Waals surface area contributed by atoms with Gasteiger partial charge in [0.2, 0.25) is 0 Å². The molecule has 1 aromatic rings. The van der Waals surface area contributed by atoms with Crippen molar-refractivity contribution in [2.24, 2.45) is 0 Å². The van der Waals surface area contributed by atoms with Crippen molar-refractivity contribution in [2.75, 3.05) is 0 Å². The highest BCUT2D eigenvalue weighted by atomic mass is 28.2. The predicted octanol–water partition coefficient (Wildman–Crippen LogP) is 2.75. The summed E-state index contributed by atoms with van der Waals surface area (Å²) in [6, 6.07) is 12.3. The van der Waals surface area contributed by atoms with Gasteiger partial charge in [-0.25, -0.2) is 0 Å². The molecular weight excluding hydrogens is 172 g/mol. The smallest absolute Gasteiger partial charge is 0.0656 e. The lowest BCUT2D eigenvalue weighted by molar-refractivity contribution is 0.701. The summed E-state index contributed by atoms with van der Waals surface area (Å²) < 4.78 is 0. The monoisotopic (exact) mass is 191 g/mol. The molecule has 0 bridgehead atoms. The minimum absolute atomic E-state index is 0.538. The molecule has 0 fully saturated rings. The van der Waals surface area contributed by atoms with Crippen LogP contribution >= 0.6 is 0 Å². The highest BCUT2D eigenvalue weighted by Crippen LogP contribution is 2.01. The molecule has 0 saturated heterocycles. The Bertz CT molecular complexity index is 206. The van der Waals surface area contributed by atoms with Crippen LogP contribution in [0.1, 0.15) is 32.6 Å². The van der Waals surface area contributed by atoms with Crippen molar-refractivity contribution in [2.45, 2.75) is 38.7 Å². The Balaban J connectivity index is 2.07. The SMILES string of the molecule is CCCCCC[SiH]c1ccccc1. The van der Waals surface area contributed by atoms with Gasteiger partial charge in [0.15, 0.2) is 0 Å². The third-order valence-corrected chi connectivity index (χ3v) is 3.79. The van der Waals surface area contributed by atoms with E-state index in [0.29, 0.717) is 9.52 Å². The first-order chi connectivity index (χ1) is 6.43. The van der Waals surface area contributed by atoms with Crippen molar-refractivity contribution in [3.05, 3.63) is 30.3 Å². The largest absolute Gasteiger partial charge is 0.0667 e. The standard InChI is InChI=1S/C12H19Si/c1-2-3-4-8-11-13-12-9-6-5-7-10-12/h5-7,9-10,13H,2-4,8,11H2,1H3. The van der Waals surface area contributed by atoms with Crippen LogP contribution < -0.4 is 5.19 Å². The van der Waals surface area contributed by atoms with E-state index in [-0.39, 0.29) is 0 Å². The second-order valence-electron chi connectivity index (χ2n) is 3.46. The van der Waals surface area contributed by atoms with Crippen LogP contribution in [0.25, 0.3) is 0 Å². The molecule has 0 N–H and O–H groups in total. The highest BCUT2D eigenvalue weighted by Gasteiger charge is 1.92. The fourth-order valence-corrected chi connectivity index (χ4v) is 2.75. The summed E-state index contributed by atoms with van der Waals surface area (Å²) in [4.78, 5) is 0. The molecule has 1 radical (unpaired) electrons. The van der Waals surface area contributed by atoms with Gasteiger partial charge in [-0.05, 0) is 0 Å². The van der Waals surface area contributed by atoms with Gasteiger partial charge in [0, 0.05) is 0 Å². The number of hydrogen-bond acceptors (Lipinski definition) is 0. The van der Waals surface area contributed by atoms with E-state index in [0.717, 1.165) is 0 Å². The maximum Gasteiger partial charge on any atom is 0.0667 e. The molecule has 0 saturated carbocycles. The van der Waals surface area contributed by atoms with Crippen LogP contribution in [0, 0.1) is 0 Å². The Morgan fingerprint density at radius 3 is 2.46 bits per heavy atom. The van der Waals surface area contributed by atoms with Gasteiger partial charge in [0.25, 0.3) is 0 Å². The molecule has 0 aliphatic heterocycles. The van der Waals surface area contributed by atoms with Gasteiger partial charge >= 0.3 is 0 Å². The average molecular weight is 191 g/mol. The van der Waals surface area contributed by atoms with E-state index >= 15 is 0 Å². The zero-order chi connectivity index (χ0) is 9.36. The summed E-state index contributed by atoms with van der Waals surface area (Å²) in [5, 5.41) is 1.57. The zero-order valence-electron chi connectivity index (χ0n) is 8.50. The first-order valence-corrected chi connectivity index (χ1v) is 6.71. The summed E-state index contributed by atoms with van der Waals surface area (Å²) in [5.74, 6) is 0. The first kappa shape index (κ1) is 10.5. The molecular formula is C12H19Si. The van der Waals surface area contributed by atoms with E-state index in [1.807, 2.05) is 0 Å². The number of unbranched alkanes of at least 4 members (excludes halogenated alkanes) is 3. The van der Waals surface area contributed by atoms with E-state index in [1.54, 1.807) is 5.19 Å². The van der Waals surface area contributed by atoms with Crippen LogP contribution in [0.3, 0.4) is 0 Å². The molecule has 0 atom stereocenters. The lowest BCUT2D eigenvalue weighted by Crippen LogP contribution is -2.12. The Labute approximate surface area is 84.2 Å². The van der Waals surface area contributed by atoms with Crippen LogP contribution in [0.2, 0.25) is 6.04 Å². The molecule has 0 aliphatic rings. The molecule has 0 heterocycles. The minimum Gasteiger partial charge on any atom is -0.0656 e. The van der Waals surface area contributed by atoms with Crippen LogP contribution in [0.4, 0.5) is 0 Å². The Morgan fingerprint density at radius 1 is 1.00 bits per heavy atom. The van der Waals surface area contributed by atoms with Crippen molar-refractivity contribution >= 4 is 14.7 Å². The molecule has 0 amide bonds. The van der Waals surface area contributed by atoms with E-state index < -0.39 is 0 Å². The van der Waals surface area contributed by atoms with Crippen molar-refractivity contribution in [1.82, 2.24) is 0 Å². The third-order valence-electron chi connectivity index (χ3n) is 2.24. The van der Waals surface area contributed by atoms with Crippen molar-refractivity contribution in [3.63, 3.8) is 0 Å². The van der Waals surface area contributed by atoms with Gasteiger partial charge in [-0.1, -0.05) is 74.2 Å². The van der Waals surface area contributed by atoms with E-state index in [2.05, 4.69) is 37.3 Å². The van der Waals surface area contributed by atoms with Gasteiger partial charge in [0.05, 0.1) is 9.52 Å². The maximum absolute atomic E-state index is 2.27. The van der Waals surface area contributed by atoms with Crippen LogP contribution in [0.15, 0.2) is 30.3 Å². The number of benzene rings is 1. The minimum atomic E-state index is 0.538. The third kappa shape index (κ3) is 4.89. The summed E-state index contributed by atoms with van der Waals surface area (Å²) in [7, 11) is 0.538. The first-order valence-electron chi connectivity index (χ1n) is 5.31. The Morgan fingerprint density at radius 2 is 1.77 bits per heavy atom. The fraction of sp³-hybridized carbons (Fsp3) is 0.500. The van der Waals surface area contributed by atoms with Crippen LogP contribution in [-0.2, 0) is 0 Å². The van der Waals surface area contributed by atoms with E-state index in [1.165, 1.54) is 31.7 Å². The van der Waals surface area contributed by atoms with Gasteiger partial charge in [-0.2, -0.15) is 0 Å². The van der Waals surface area contributed by atoms with Gasteiger partial charge in [-0.3, -0.25) is 0 Å². The number of hydrogen-bond donors (Lipinski definition) is 0. The van der Waals surface area contributed by atoms with Crippen molar-refractivity contribution in [3.8, 4) is 0 Å². The van der Waals surface area contributed by atoms with Gasteiger partial charge in [-0.15, -0.1) is 0 Å². The molecule has 13 heavy (non-hydrogen) atoms. The topological polar surface area (TPSA) is 0 Å². The molecule has 1 aromatic carbocycles. The Hall–Kier alpha value is -0.563. The maximum atomic E-state index is 2.27. The highest BCUT2D eigenvalue weighted by molar-refractivity contribution is 6.53. The van der Waals surface area contributed by atoms with E-state index in [4.69, 9.17) is 0 Å². The summed E-state index contributed by atoms with van der Waals surface area (Å²) in [5.41, 5.74) is 0. The van der Waals surface area contributed by atoms with Crippen molar-refractivity contribution < 1.29 is 0 Å². The molecule has 0 aromatic heterocycles. The van der Waals surface area contributed by atoms with Crippen molar-refractivity contribution in [1.29, 1.82) is 0 Å². The molecule has 71 valence electrons. The normalized spacial score (nSPS) is 10.2. The van der Waals surface area contributed by atoms with Crippen LogP contribution in [0.5, 0.6) is 0 Å². The van der Waals surface area contributed by atoms with Gasteiger partial charge in [0.1, 0.15) is 0 Å². The lowest BCUT2D eigenvalue weighted by Gasteiger charge is -1.99. The van der Waals surface area contributed by atoms with Crippen LogP contribution in [-0.4, -0.2) is 9.52 Å².